The Kier molecular flexibility index (Phi) is 6.34. The molecule has 1 aliphatic carbocycles. The quantitative estimate of drug-likeness (QED) is 0.174. The van der Waals surface area contributed by atoms with E-state index in [2.05, 4.69) is 0 Å². The summed E-state index contributed by atoms with van der Waals surface area (Å²) in [5, 5.41) is 0. The molecule has 0 fully saturated rings. The summed E-state index contributed by atoms with van der Waals surface area (Å²) in [6.07, 6.45) is 0. The maximum absolute atomic E-state index is 13.7. The number of hydrogen-bond donors (Lipinski definition) is 0. The first kappa shape index (κ1) is 30.9. The molecular weight excluding hydrogens is 662 g/mol. The van der Waals surface area contributed by atoms with E-state index < -0.39 is 52.9 Å². The van der Waals surface area contributed by atoms with E-state index in [4.69, 9.17) is 0 Å². The van der Waals surface area contributed by atoms with Gasteiger partial charge in [-0.3, -0.25) is 43.3 Å². The Hall–Kier alpha value is -7.14. The van der Waals surface area contributed by atoms with Crippen LogP contribution in [0.2, 0.25) is 0 Å². The zero-order chi connectivity index (χ0) is 36.3. The Morgan fingerprint density at radius 2 is 0.788 bits per heavy atom. The van der Waals surface area contributed by atoms with Crippen molar-refractivity contribution in [2.24, 2.45) is 0 Å². The van der Waals surface area contributed by atoms with Gasteiger partial charge in [0.25, 0.3) is 35.4 Å². The molecular formula is C41H23N3O8. The van der Waals surface area contributed by atoms with Crippen LogP contribution < -0.4 is 9.80 Å². The molecule has 0 N–H and O–H groups in total. The average Bonchev–Trinajstić information content (AvgIpc) is 3.74. The third-order valence-electron chi connectivity index (χ3n) is 10.2. The number of nitrogens with zero attached hydrogens (tertiary/aromatic N) is 3. The van der Waals surface area contributed by atoms with Crippen molar-refractivity contribution in [3.63, 3.8) is 0 Å². The molecule has 0 radical (unpaired) electrons. The highest BCUT2D eigenvalue weighted by atomic mass is 16.2. The molecule has 11 heteroatoms. The van der Waals surface area contributed by atoms with Gasteiger partial charge in [0.2, 0.25) is 0 Å². The number of Topliss-reactive ketones (excluding diaryl/α,β-unsaturated/α-hetero) is 2. The van der Waals surface area contributed by atoms with Crippen molar-refractivity contribution in [2.45, 2.75) is 12.8 Å². The van der Waals surface area contributed by atoms with E-state index in [1.165, 1.54) is 49.5 Å². The van der Waals surface area contributed by atoms with Crippen LogP contribution in [-0.2, 0) is 0 Å². The number of fused-ring (bicyclic) bond motifs is 4. The first-order chi connectivity index (χ1) is 24.9. The van der Waals surface area contributed by atoms with Crippen molar-refractivity contribution in [1.29, 1.82) is 0 Å². The van der Waals surface area contributed by atoms with Crippen LogP contribution in [0.3, 0.4) is 0 Å². The minimum atomic E-state index is -1.21. The van der Waals surface area contributed by atoms with Crippen molar-refractivity contribution in [3.05, 3.63) is 153 Å². The van der Waals surface area contributed by atoms with Gasteiger partial charge in [0.15, 0.2) is 11.6 Å². The first-order valence-corrected chi connectivity index (χ1v) is 16.3. The van der Waals surface area contributed by atoms with Gasteiger partial charge in [0.05, 0.1) is 44.8 Å². The van der Waals surface area contributed by atoms with Crippen LogP contribution in [0.15, 0.2) is 97.1 Å². The van der Waals surface area contributed by atoms with Crippen LogP contribution in [0.1, 0.15) is 99.9 Å². The van der Waals surface area contributed by atoms with Crippen LogP contribution in [-0.4, -0.2) is 59.0 Å². The van der Waals surface area contributed by atoms with Gasteiger partial charge >= 0.3 is 0 Å². The Bertz CT molecular complexity index is 2550. The number of anilines is 2. The third kappa shape index (κ3) is 4.13. The van der Waals surface area contributed by atoms with Crippen molar-refractivity contribution in [2.75, 3.05) is 16.8 Å². The van der Waals surface area contributed by atoms with E-state index in [-0.39, 0.29) is 50.2 Å². The SMILES string of the molecule is Cc1ccc(N2C(=O)c3ccc(-c4ccc5c(c4)C(=O)N(c4ccc(C6C(=O)c7cc8c(cc7C6=O)C(=O)N(C)C8=O)cc4)C5=O)cc3C2=O)cc1. The fourth-order valence-corrected chi connectivity index (χ4v) is 7.37. The van der Waals surface area contributed by atoms with Gasteiger partial charge in [-0.15, -0.1) is 0 Å². The van der Waals surface area contributed by atoms with Gasteiger partial charge in [-0.05, 0) is 84.3 Å². The van der Waals surface area contributed by atoms with E-state index in [0.717, 1.165) is 20.3 Å². The molecule has 4 aliphatic rings. The minimum Gasteiger partial charge on any atom is -0.293 e. The molecule has 0 unspecified atom stereocenters. The summed E-state index contributed by atoms with van der Waals surface area (Å²) < 4.78 is 0. The predicted molar refractivity (Wildman–Crippen MR) is 186 cm³/mol. The topological polar surface area (TPSA) is 146 Å². The molecule has 9 rings (SSSR count). The molecule has 5 aromatic carbocycles. The van der Waals surface area contributed by atoms with Crippen LogP contribution in [0.4, 0.5) is 11.4 Å². The Balaban J connectivity index is 0.974. The smallest absolute Gasteiger partial charge is 0.266 e. The summed E-state index contributed by atoms with van der Waals surface area (Å²) in [6.45, 7) is 1.91. The highest BCUT2D eigenvalue weighted by Gasteiger charge is 2.44. The second-order valence-electron chi connectivity index (χ2n) is 13.1. The molecule has 6 amide bonds. The lowest BCUT2D eigenvalue weighted by molar-refractivity contribution is 0.0690. The lowest BCUT2D eigenvalue weighted by Crippen LogP contribution is -2.29. The Morgan fingerprint density at radius 3 is 1.23 bits per heavy atom. The summed E-state index contributed by atoms with van der Waals surface area (Å²) in [4.78, 5) is 109. The molecule has 0 saturated carbocycles. The zero-order valence-electron chi connectivity index (χ0n) is 27.4. The van der Waals surface area contributed by atoms with Gasteiger partial charge < -0.3 is 0 Å². The lowest BCUT2D eigenvalue weighted by atomic mass is 9.94. The normalized spacial score (nSPS) is 16.4. The number of carbonyl (C=O) groups excluding carboxylic acids is 8. The summed E-state index contributed by atoms with van der Waals surface area (Å²) in [6, 6.07) is 25.3. The standard InChI is InChI=1S/C41H23N3O8/c1-19-3-9-23(10-4-19)43-38(49)25-13-7-21(15-29(25)40(43)51)22-8-14-26-30(16-22)41(52)44(39(26)50)24-11-5-20(6-12-24)33-34(45)27-17-31-32(18-28(27)35(33)46)37(48)42(2)36(31)47/h3-18,33H,1-2H3. The molecule has 5 aromatic rings. The highest BCUT2D eigenvalue weighted by Crippen LogP contribution is 2.39. The summed E-state index contributed by atoms with van der Waals surface area (Å²) in [5.41, 5.74) is 4.24. The van der Waals surface area contributed by atoms with Gasteiger partial charge in [-0.25, -0.2) is 9.80 Å². The van der Waals surface area contributed by atoms with E-state index in [1.54, 1.807) is 42.5 Å². The van der Waals surface area contributed by atoms with Crippen molar-refractivity contribution in [1.82, 2.24) is 4.90 Å². The number of rotatable bonds is 4. The minimum absolute atomic E-state index is 0.0633. The first-order valence-electron chi connectivity index (χ1n) is 16.3. The van der Waals surface area contributed by atoms with E-state index in [0.29, 0.717) is 22.4 Å². The molecule has 0 aromatic heterocycles. The maximum atomic E-state index is 13.7. The van der Waals surface area contributed by atoms with Crippen molar-refractivity contribution in [3.8, 4) is 11.1 Å². The second kappa shape index (κ2) is 10.7. The number of hydrogen-bond acceptors (Lipinski definition) is 8. The fourth-order valence-electron chi connectivity index (χ4n) is 7.37. The number of aryl methyl sites for hydroxylation is 1. The van der Waals surface area contributed by atoms with Crippen LogP contribution in [0.5, 0.6) is 0 Å². The van der Waals surface area contributed by atoms with E-state index >= 15 is 0 Å². The van der Waals surface area contributed by atoms with Crippen molar-refractivity contribution < 1.29 is 38.4 Å². The van der Waals surface area contributed by atoms with Crippen LogP contribution in [0, 0.1) is 6.92 Å². The third-order valence-corrected chi connectivity index (χ3v) is 10.2. The molecule has 0 atom stereocenters. The molecule has 0 bridgehead atoms. The number of carbonyl (C=O) groups is 8. The van der Waals surface area contributed by atoms with E-state index in [9.17, 15) is 38.4 Å². The summed E-state index contributed by atoms with van der Waals surface area (Å²) >= 11 is 0. The van der Waals surface area contributed by atoms with E-state index in [1.807, 2.05) is 19.1 Å². The summed E-state index contributed by atoms with van der Waals surface area (Å²) in [5.74, 6) is -5.36. The summed E-state index contributed by atoms with van der Waals surface area (Å²) in [7, 11) is 1.33. The number of imide groups is 3. The van der Waals surface area contributed by atoms with Gasteiger partial charge in [0.1, 0.15) is 5.92 Å². The highest BCUT2D eigenvalue weighted by molar-refractivity contribution is 6.36. The average molecular weight is 686 g/mol. The molecule has 11 nitrogen and oxygen atoms in total. The number of ketones is 2. The van der Waals surface area contributed by atoms with Gasteiger partial charge in [0, 0.05) is 18.2 Å². The monoisotopic (exact) mass is 685 g/mol. The van der Waals surface area contributed by atoms with Crippen LogP contribution in [0.25, 0.3) is 11.1 Å². The number of benzene rings is 5. The van der Waals surface area contributed by atoms with Gasteiger partial charge in [-0.2, -0.15) is 0 Å². The lowest BCUT2D eigenvalue weighted by Gasteiger charge is -2.15. The second-order valence-corrected chi connectivity index (χ2v) is 13.1. The molecule has 0 spiro atoms. The fraction of sp³-hybridized carbons (Fsp3) is 0.0732. The Morgan fingerprint density at radius 1 is 0.404 bits per heavy atom. The number of amides is 6. The maximum Gasteiger partial charge on any atom is 0.266 e. The molecule has 3 heterocycles. The van der Waals surface area contributed by atoms with Crippen LogP contribution >= 0.6 is 0 Å². The predicted octanol–water partition coefficient (Wildman–Crippen LogP) is 5.65. The zero-order valence-corrected chi connectivity index (χ0v) is 27.4. The van der Waals surface area contributed by atoms with Crippen molar-refractivity contribution >= 4 is 58.4 Å². The molecule has 0 saturated heterocycles. The molecule has 250 valence electrons. The van der Waals surface area contributed by atoms with Gasteiger partial charge in [-0.1, -0.05) is 42.0 Å². The Labute approximate surface area is 294 Å². The molecule has 3 aliphatic heterocycles. The molecule has 52 heavy (non-hydrogen) atoms. The largest absolute Gasteiger partial charge is 0.293 e.